The smallest absolute Gasteiger partial charge is 0.140 e. The van der Waals surface area contributed by atoms with Crippen LogP contribution in [0.4, 0.5) is 0 Å². The third-order valence-electron chi connectivity index (χ3n) is 2.41. The Morgan fingerprint density at radius 1 is 1.31 bits per heavy atom. The molecule has 1 aromatic rings. The second-order valence-electron chi connectivity index (χ2n) is 3.39. The molecule has 1 atom stereocenters. The lowest BCUT2D eigenvalue weighted by molar-refractivity contribution is 0.617. The molecule has 3 heteroatoms. The van der Waals surface area contributed by atoms with Gasteiger partial charge in [0.25, 0.3) is 0 Å². The zero-order valence-corrected chi connectivity index (χ0v) is 10.3. The van der Waals surface area contributed by atoms with Crippen LogP contribution in [0.3, 0.4) is 0 Å². The van der Waals surface area contributed by atoms with Gasteiger partial charge in [0.2, 0.25) is 0 Å². The molecule has 0 spiro atoms. The van der Waals surface area contributed by atoms with Crippen molar-refractivity contribution >= 4 is 15.9 Å². The first-order valence-corrected chi connectivity index (χ1v) is 5.68. The van der Waals surface area contributed by atoms with Crippen LogP contribution in [0.15, 0.2) is 41.4 Å². The van der Waals surface area contributed by atoms with E-state index in [9.17, 15) is 0 Å². The van der Waals surface area contributed by atoms with Crippen molar-refractivity contribution < 1.29 is 0 Å². The number of nitrogens with zero attached hydrogens (tertiary/aromatic N) is 2. The number of rotatable bonds is 4. The summed E-state index contributed by atoms with van der Waals surface area (Å²) in [5.41, 5.74) is 0.982. The van der Waals surface area contributed by atoms with Gasteiger partial charge in [-0.1, -0.05) is 40.2 Å². The van der Waals surface area contributed by atoms with E-state index in [1.54, 1.807) is 6.08 Å². The third-order valence-corrected chi connectivity index (χ3v) is 3.13. The standard InChI is InChI=1S/C13H11BrN2/c1-2-5-11(10(8-15)9-16)12-6-3-4-7-13(12)14/h2-4,6-7,10-11H,1,5H2. The molecule has 80 valence electrons. The van der Waals surface area contributed by atoms with Crippen molar-refractivity contribution in [1.82, 2.24) is 0 Å². The molecule has 0 fully saturated rings. The molecule has 2 nitrogen and oxygen atoms in total. The molecule has 0 aliphatic rings. The summed E-state index contributed by atoms with van der Waals surface area (Å²) in [5.74, 6) is -0.764. The molecule has 0 saturated heterocycles. The molecule has 0 radical (unpaired) electrons. The Bertz CT molecular complexity index is 440. The van der Waals surface area contributed by atoms with Crippen molar-refractivity contribution in [2.45, 2.75) is 12.3 Å². The Kier molecular flexibility index (Phi) is 4.76. The first-order chi connectivity index (χ1) is 7.74. The lowest BCUT2D eigenvalue weighted by Crippen LogP contribution is -2.09. The molecule has 0 saturated carbocycles. The van der Waals surface area contributed by atoms with Crippen LogP contribution >= 0.6 is 15.9 Å². The maximum atomic E-state index is 8.95. The zero-order chi connectivity index (χ0) is 12.0. The minimum Gasteiger partial charge on any atom is -0.197 e. The van der Waals surface area contributed by atoms with E-state index < -0.39 is 5.92 Å². The van der Waals surface area contributed by atoms with Gasteiger partial charge < -0.3 is 0 Å². The van der Waals surface area contributed by atoms with Crippen LogP contribution in [0.25, 0.3) is 0 Å². The highest BCUT2D eigenvalue weighted by molar-refractivity contribution is 9.10. The summed E-state index contributed by atoms with van der Waals surface area (Å²) in [6, 6.07) is 11.7. The Balaban J connectivity index is 3.14. The van der Waals surface area contributed by atoms with Gasteiger partial charge in [-0.05, 0) is 18.1 Å². The Hall–Kier alpha value is -1.58. The number of hydrogen-bond acceptors (Lipinski definition) is 2. The summed E-state index contributed by atoms with van der Waals surface area (Å²) in [7, 11) is 0. The van der Waals surface area contributed by atoms with E-state index in [0.717, 1.165) is 10.0 Å². The Morgan fingerprint density at radius 2 is 1.94 bits per heavy atom. The van der Waals surface area contributed by atoms with Crippen molar-refractivity contribution in [3.63, 3.8) is 0 Å². The summed E-state index contributed by atoms with van der Waals surface area (Å²) in [6.07, 6.45) is 2.36. The quantitative estimate of drug-likeness (QED) is 0.785. The summed E-state index contributed by atoms with van der Waals surface area (Å²) in [4.78, 5) is 0. The monoisotopic (exact) mass is 274 g/mol. The van der Waals surface area contributed by atoms with Gasteiger partial charge in [-0.2, -0.15) is 10.5 Å². The first-order valence-electron chi connectivity index (χ1n) is 4.89. The van der Waals surface area contributed by atoms with Crippen LogP contribution in [-0.4, -0.2) is 0 Å². The van der Waals surface area contributed by atoms with Crippen LogP contribution in [0.5, 0.6) is 0 Å². The second-order valence-corrected chi connectivity index (χ2v) is 4.24. The molecule has 0 aromatic heterocycles. The number of halogens is 1. The van der Waals surface area contributed by atoms with E-state index in [0.29, 0.717) is 6.42 Å². The molecular weight excluding hydrogens is 264 g/mol. The molecule has 0 aliphatic heterocycles. The Labute approximate surface area is 104 Å². The summed E-state index contributed by atoms with van der Waals surface area (Å²) in [6.45, 7) is 3.67. The molecule has 0 bridgehead atoms. The van der Waals surface area contributed by atoms with E-state index in [1.165, 1.54) is 0 Å². The molecule has 1 rings (SSSR count). The predicted molar refractivity (Wildman–Crippen MR) is 66.4 cm³/mol. The van der Waals surface area contributed by atoms with Crippen molar-refractivity contribution in [3.8, 4) is 12.1 Å². The highest BCUT2D eigenvalue weighted by Crippen LogP contribution is 2.33. The van der Waals surface area contributed by atoms with Gasteiger partial charge in [0, 0.05) is 10.4 Å². The van der Waals surface area contributed by atoms with Crippen molar-refractivity contribution in [1.29, 1.82) is 10.5 Å². The minimum atomic E-state index is -0.642. The number of hydrogen-bond donors (Lipinski definition) is 0. The van der Waals surface area contributed by atoms with Gasteiger partial charge in [-0.15, -0.1) is 6.58 Å². The van der Waals surface area contributed by atoms with Gasteiger partial charge in [-0.25, -0.2) is 0 Å². The fourth-order valence-corrected chi connectivity index (χ4v) is 2.19. The lowest BCUT2D eigenvalue weighted by atomic mass is 9.85. The number of allylic oxidation sites excluding steroid dienone is 1. The highest BCUT2D eigenvalue weighted by Gasteiger charge is 2.23. The van der Waals surface area contributed by atoms with Crippen LogP contribution in [0.1, 0.15) is 17.9 Å². The molecule has 1 aromatic carbocycles. The van der Waals surface area contributed by atoms with Crippen molar-refractivity contribution in [2.75, 3.05) is 0 Å². The van der Waals surface area contributed by atoms with Crippen LogP contribution in [-0.2, 0) is 0 Å². The lowest BCUT2D eigenvalue weighted by Gasteiger charge is -2.17. The largest absolute Gasteiger partial charge is 0.197 e. The summed E-state index contributed by atoms with van der Waals surface area (Å²) < 4.78 is 0.928. The molecular formula is C13H11BrN2. The summed E-state index contributed by atoms with van der Waals surface area (Å²) in [5, 5.41) is 17.9. The molecule has 0 N–H and O–H groups in total. The first kappa shape index (κ1) is 12.5. The van der Waals surface area contributed by atoms with E-state index in [1.807, 2.05) is 36.4 Å². The summed E-state index contributed by atoms with van der Waals surface area (Å²) >= 11 is 3.44. The van der Waals surface area contributed by atoms with E-state index >= 15 is 0 Å². The Morgan fingerprint density at radius 3 is 2.44 bits per heavy atom. The van der Waals surface area contributed by atoms with Crippen molar-refractivity contribution in [3.05, 3.63) is 47.0 Å². The third kappa shape index (κ3) is 2.72. The molecule has 0 amide bonds. The molecule has 0 aliphatic carbocycles. The van der Waals surface area contributed by atoms with Gasteiger partial charge in [0.05, 0.1) is 12.1 Å². The normalized spacial score (nSPS) is 11.5. The number of benzene rings is 1. The van der Waals surface area contributed by atoms with E-state index in [-0.39, 0.29) is 5.92 Å². The van der Waals surface area contributed by atoms with Crippen LogP contribution in [0, 0.1) is 28.6 Å². The predicted octanol–water partition coefficient (Wildman–Crippen LogP) is 3.77. The average molecular weight is 275 g/mol. The van der Waals surface area contributed by atoms with Gasteiger partial charge >= 0.3 is 0 Å². The molecule has 1 unspecified atom stereocenters. The maximum absolute atomic E-state index is 8.95. The van der Waals surface area contributed by atoms with Crippen LogP contribution in [0.2, 0.25) is 0 Å². The maximum Gasteiger partial charge on any atom is 0.140 e. The topological polar surface area (TPSA) is 47.6 Å². The van der Waals surface area contributed by atoms with E-state index in [2.05, 4.69) is 22.5 Å². The zero-order valence-electron chi connectivity index (χ0n) is 8.73. The average Bonchev–Trinajstić information content (AvgIpc) is 2.30. The highest BCUT2D eigenvalue weighted by atomic mass is 79.9. The van der Waals surface area contributed by atoms with Gasteiger partial charge in [0.1, 0.15) is 5.92 Å². The SMILES string of the molecule is C=CCC(c1ccccc1Br)C(C#N)C#N. The van der Waals surface area contributed by atoms with Crippen LogP contribution < -0.4 is 0 Å². The fraction of sp³-hybridized carbons (Fsp3) is 0.231. The molecule has 16 heavy (non-hydrogen) atoms. The minimum absolute atomic E-state index is 0.122. The molecule has 0 heterocycles. The number of nitriles is 2. The van der Waals surface area contributed by atoms with Gasteiger partial charge in [-0.3, -0.25) is 0 Å². The fourth-order valence-electron chi connectivity index (χ4n) is 1.61. The van der Waals surface area contributed by atoms with Crippen molar-refractivity contribution in [2.24, 2.45) is 5.92 Å². The van der Waals surface area contributed by atoms with E-state index in [4.69, 9.17) is 10.5 Å². The van der Waals surface area contributed by atoms with Gasteiger partial charge in [0.15, 0.2) is 0 Å². The second kappa shape index (κ2) is 6.10.